The van der Waals surface area contributed by atoms with Crippen LogP contribution in [0, 0.1) is 0 Å². The molecule has 29 heavy (non-hydrogen) atoms. The van der Waals surface area contributed by atoms with Gasteiger partial charge in [0.15, 0.2) is 11.8 Å². The Morgan fingerprint density at radius 3 is 2.83 bits per heavy atom. The number of aromatic nitrogens is 4. The summed E-state index contributed by atoms with van der Waals surface area (Å²) in [4.78, 5) is 12.5. The van der Waals surface area contributed by atoms with Crippen molar-refractivity contribution in [3.05, 3.63) is 71.0 Å². The molecule has 0 radical (unpaired) electrons. The average Bonchev–Trinajstić information content (AvgIpc) is 3.18. The predicted molar refractivity (Wildman–Crippen MR) is 111 cm³/mol. The predicted octanol–water partition coefficient (Wildman–Crippen LogP) is 4.50. The van der Waals surface area contributed by atoms with Crippen molar-refractivity contribution in [3.63, 3.8) is 0 Å². The van der Waals surface area contributed by atoms with Gasteiger partial charge in [0.2, 0.25) is 0 Å². The first-order valence-electron chi connectivity index (χ1n) is 8.70. The average molecular weight is 428 g/mol. The van der Waals surface area contributed by atoms with Crippen molar-refractivity contribution in [2.75, 3.05) is 5.32 Å². The lowest BCUT2D eigenvalue weighted by Crippen LogP contribution is -2.30. The standard InChI is InChI=1S/C20H15Cl2N5O2/c1-12(29-18-7-5-14(21)10-16(18)22)20(28)24-15-4-2-3-13(9-15)17-6-8-19-25-23-11-27(19)26-17/h2-12H,1H3,(H,24,28). The summed E-state index contributed by atoms with van der Waals surface area (Å²) in [6.07, 6.45) is 0.773. The van der Waals surface area contributed by atoms with Crippen LogP contribution in [0.3, 0.4) is 0 Å². The number of fused-ring (bicyclic) bond motifs is 1. The van der Waals surface area contributed by atoms with E-state index in [0.29, 0.717) is 27.1 Å². The number of nitrogens with zero attached hydrogens (tertiary/aromatic N) is 4. The highest BCUT2D eigenvalue weighted by Crippen LogP contribution is 2.28. The summed E-state index contributed by atoms with van der Waals surface area (Å²) in [5, 5.41) is 15.9. The van der Waals surface area contributed by atoms with E-state index in [9.17, 15) is 4.79 Å². The maximum absolute atomic E-state index is 12.5. The smallest absolute Gasteiger partial charge is 0.265 e. The van der Waals surface area contributed by atoms with Crippen LogP contribution < -0.4 is 10.1 Å². The lowest BCUT2D eigenvalue weighted by atomic mass is 10.1. The summed E-state index contributed by atoms with van der Waals surface area (Å²) < 4.78 is 7.25. The molecule has 7 nitrogen and oxygen atoms in total. The minimum atomic E-state index is -0.760. The minimum Gasteiger partial charge on any atom is -0.479 e. The van der Waals surface area contributed by atoms with Crippen molar-refractivity contribution in [2.24, 2.45) is 0 Å². The van der Waals surface area contributed by atoms with Gasteiger partial charge < -0.3 is 10.1 Å². The van der Waals surface area contributed by atoms with Gasteiger partial charge in [-0.25, -0.2) is 0 Å². The van der Waals surface area contributed by atoms with Crippen LogP contribution in [0.5, 0.6) is 5.75 Å². The van der Waals surface area contributed by atoms with Crippen molar-refractivity contribution in [1.29, 1.82) is 0 Å². The molecule has 1 amide bonds. The molecule has 0 spiro atoms. The number of halogens is 2. The second kappa shape index (κ2) is 8.06. The number of hydrogen-bond acceptors (Lipinski definition) is 5. The molecule has 0 aliphatic heterocycles. The topological polar surface area (TPSA) is 81.4 Å². The molecule has 0 aliphatic rings. The maximum atomic E-state index is 12.5. The largest absolute Gasteiger partial charge is 0.479 e. The van der Waals surface area contributed by atoms with E-state index in [4.69, 9.17) is 27.9 Å². The molecule has 0 aliphatic carbocycles. The van der Waals surface area contributed by atoms with Crippen LogP contribution in [0.25, 0.3) is 16.9 Å². The van der Waals surface area contributed by atoms with Crippen molar-refractivity contribution in [1.82, 2.24) is 19.8 Å². The number of anilines is 1. The molecule has 0 saturated heterocycles. The van der Waals surface area contributed by atoms with E-state index in [0.717, 1.165) is 11.3 Å². The Kier molecular flexibility index (Phi) is 5.33. The van der Waals surface area contributed by atoms with Gasteiger partial charge in [0.05, 0.1) is 10.7 Å². The molecule has 0 bridgehead atoms. The summed E-state index contributed by atoms with van der Waals surface area (Å²) in [5.41, 5.74) is 2.85. The van der Waals surface area contributed by atoms with Crippen LogP contribution in [0.1, 0.15) is 6.92 Å². The highest BCUT2D eigenvalue weighted by molar-refractivity contribution is 6.35. The normalized spacial score (nSPS) is 12.0. The van der Waals surface area contributed by atoms with Gasteiger partial charge in [-0.2, -0.15) is 9.61 Å². The fourth-order valence-corrected chi connectivity index (χ4v) is 3.15. The molecule has 2 heterocycles. The monoisotopic (exact) mass is 427 g/mol. The zero-order valence-corrected chi connectivity index (χ0v) is 16.7. The molecule has 146 valence electrons. The number of carbonyl (C=O) groups is 1. The van der Waals surface area contributed by atoms with Gasteiger partial charge >= 0.3 is 0 Å². The number of amides is 1. The van der Waals surface area contributed by atoms with Crippen molar-refractivity contribution in [3.8, 4) is 17.0 Å². The first kappa shape index (κ1) is 19.2. The first-order chi connectivity index (χ1) is 14.0. The van der Waals surface area contributed by atoms with Gasteiger partial charge in [-0.3, -0.25) is 4.79 Å². The Bertz CT molecular complexity index is 1190. The number of benzene rings is 2. The van der Waals surface area contributed by atoms with Crippen LogP contribution in [-0.4, -0.2) is 31.8 Å². The Morgan fingerprint density at radius 1 is 1.14 bits per heavy atom. The lowest BCUT2D eigenvalue weighted by molar-refractivity contribution is -0.122. The number of hydrogen-bond donors (Lipinski definition) is 1. The third-order valence-corrected chi connectivity index (χ3v) is 4.68. The molecule has 1 N–H and O–H groups in total. The number of carbonyl (C=O) groups excluding carboxylic acids is 1. The quantitative estimate of drug-likeness (QED) is 0.506. The summed E-state index contributed by atoms with van der Waals surface area (Å²) in [6, 6.07) is 15.9. The van der Waals surface area contributed by atoms with Gasteiger partial charge in [-0.1, -0.05) is 35.3 Å². The first-order valence-corrected chi connectivity index (χ1v) is 9.45. The van der Waals surface area contributed by atoms with Crippen LogP contribution >= 0.6 is 23.2 Å². The fourth-order valence-electron chi connectivity index (χ4n) is 2.70. The summed E-state index contributed by atoms with van der Waals surface area (Å²) in [7, 11) is 0. The zero-order chi connectivity index (χ0) is 20.4. The third kappa shape index (κ3) is 4.31. The summed E-state index contributed by atoms with van der Waals surface area (Å²) in [6.45, 7) is 1.64. The second-order valence-electron chi connectivity index (χ2n) is 6.26. The van der Waals surface area contributed by atoms with E-state index >= 15 is 0 Å². The van der Waals surface area contributed by atoms with Gasteiger partial charge in [-0.05, 0) is 49.4 Å². The SMILES string of the molecule is CC(Oc1ccc(Cl)cc1Cl)C(=O)Nc1cccc(-c2ccc3nncn3n2)c1. The van der Waals surface area contributed by atoms with Gasteiger partial charge in [0.25, 0.3) is 5.91 Å². The van der Waals surface area contributed by atoms with E-state index in [2.05, 4.69) is 20.6 Å². The lowest BCUT2D eigenvalue weighted by Gasteiger charge is -2.16. The minimum absolute atomic E-state index is 0.310. The van der Waals surface area contributed by atoms with E-state index in [-0.39, 0.29) is 5.91 Å². The molecular formula is C20H15Cl2N5O2. The van der Waals surface area contributed by atoms with Crippen LogP contribution in [0.2, 0.25) is 10.0 Å². The number of rotatable bonds is 5. The van der Waals surface area contributed by atoms with E-state index in [1.165, 1.54) is 6.33 Å². The molecule has 0 saturated carbocycles. The van der Waals surface area contributed by atoms with Crippen LogP contribution in [0.4, 0.5) is 5.69 Å². The molecule has 9 heteroatoms. The van der Waals surface area contributed by atoms with E-state index in [1.54, 1.807) is 35.7 Å². The van der Waals surface area contributed by atoms with Gasteiger partial charge in [0, 0.05) is 16.3 Å². The number of ether oxygens (including phenoxy) is 1. The molecule has 4 aromatic rings. The highest BCUT2D eigenvalue weighted by Gasteiger charge is 2.17. The fraction of sp³-hybridized carbons (Fsp3) is 0.100. The molecule has 1 atom stereocenters. The Labute approximate surface area is 176 Å². The Hall–Kier alpha value is -3.16. The third-order valence-electron chi connectivity index (χ3n) is 4.15. The molecule has 4 rings (SSSR count). The Balaban J connectivity index is 1.48. The number of nitrogens with one attached hydrogen (secondary N) is 1. The van der Waals surface area contributed by atoms with Gasteiger partial charge in [-0.15, -0.1) is 10.2 Å². The Morgan fingerprint density at radius 2 is 2.00 bits per heavy atom. The van der Waals surface area contributed by atoms with Crippen molar-refractivity contribution >= 4 is 40.4 Å². The second-order valence-corrected chi connectivity index (χ2v) is 7.10. The molecule has 2 aromatic heterocycles. The van der Waals surface area contributed by atoms with Crippen LogP contribution in [0.15, 0.2) is 60.9 Å². The molecule has 2 aromatic carbocycles. The van der Waals surface area contributed by atoms with E-state index < -0.39 is 6.10 Å². The van der Waals surface area contributed by atoms with Crippen molar-refractivity contribution < 1.29 is 9.53 Å². The zero-order valence-electron chi connectivity index (χ0n) is 15.2. The molecule has 1 unspecified atom stereocenters. The van der Waals surface area contributed by atoms with Crippen molar-refractivity contribution in [2.45, 2.75) is 13.0 Å². The van der Waals surface area contributed by atoms with E-state index in [1.807, 2.05) is 30.3 Å². The highest BCUT2D eigenvalue weighted by atomic mass is 35.5. The summed E-state index contributed by atoms with van der Waals surface area (Å²) in [5.74, 6) is 0.0781. The molecular weight excluding hydrogens is 413 g/mol. The van der Waals surface area contributed by atoms with Crippen LogP contribution in [-0.2, 0) is 4.79 Å². The molecule has 0 fully saturated rings. The summed E-state index contributed by atoms with van der Waals surface area (Å²) >= 11 is 12.0. The van der Waals surface area contributed by atoms with Gasteiger partial charge in [0.1, 0.15) is 12.1 Å². The maximum Gasteiger partial charge on any atom is 0.265 e.